The molecular formula is C23H22F3N5OS. The number of aromatic hydroxyl groups is 1. The van der Waals surface area contributed by atoms with Gasteiger partial charge in [0, 0.05) is 34.6 Å². The van der Waals surface area contributed by atoms with Crippen molar-refractivity contribution in [2.24, 2.45) is 5.73 Å². The van der Waals surface area contributed by atoms with Crippen molar-refractivity contribution in [2.45, 2.75) is 25.6 Å². The van der Waals surface area contributed by atoms with Crippen molar-refractivity contribution in [3.05, 3.63) is 65.7 Å². The maximum absolute atomic E-state index is 12.7. The topological polar surface area (TPSA) is 99.8 Å². The van der Waals surface area contributed by atoms with E-state index in [1.807, 2.05) is 25.1 Å². The Bertz CT molecular complexity index is 1290. The maximum atomic E-state index is 12.7. The number of nitrogens with two attached hydrogens (primary N) is 1. The Morgan fingerprint density at radius 1 is 1.21 bits per heavy atom. The number of rotatable bonds is 7. The summed E-state index contributed by atoms with van der Waals surface area (Å²) in [6.07, 6.45) is -3.93. The number of aromatic amines is 1. The number of anilines is 1. The van der Waals surface area contributed by atoms with E-state index in [9.17, 15) is 18.3 Å². The summed E-state index contributed by atoms with van der Waals surface area (Å²) >= 11 is 1.36. The molecule has 172 valence electrons. The molecule has 0 saturated carbocycles. The lowest BCUT2D eigenvalue weighted by Gasteiger charge is -2.13. The van der Waals surface area contributed by atoms with Crippen molar-refractivity contribution >= 4 is 32.9 Å². The predicted octanol–water partition coefficient (Wildman–Crippen LogP) is 5.43. The van der Waals surface area contributed by atoms with Crippen LogP contribution in [0.1, 0.15) is 23.6 Å². The molecule has 0 radical (unpaired) electrons. The van der Waals surface area contributed by atoms with E-state index in [1.54, 1.807) is 0 Å². The zero-order valence-electron chi connectivity index (χ0n) is 17.7. The van der Waals surface area contributed by atoms with Gasteiger partial charge >= 0.3 is 6.18 Å². The third-order valence-electron chi connectivity index (χ3n) is 5.17. The molecule has 0 aliphatic rings. The highest BCUT2D eigenvalue weighted by atomic mass is 32.1. The quantitative estimate of drug-likeness (QED) is 0.287. The minimum Gasteiger partial charge on any atom is -0.494 e. The third kappa shape index (κ3) is 5.01. The average Bonchev–Trinajstić information content (AvgIpc) is 3.35. The van der Waals surface area contributed by atoms with E-state index in [1.165, 1.54) is 23.5 Å². The Labute approximate surface area is 192 Å². The van der Waals surface area contributed by atoms with Crippen LogP contribution in [0.3, 0.4) is 0 Å². The van der Waals surface area contributed by atoms with Crippen LogP contribution < -0.4 is 11.1 Å². The number of aromatic nitrogens is 3. The van der Waals surface area contributed by atoms with Crippen LogP contribution in [-0.2, 0) is 12.6 Å². The van der Waals surface area contributed by atoms with Gasteiger partial charge in [0.05, 0.1) is 5.56 Å². The molecule has 2 aromatic carbocycles. The van der Waals surface area contributed by atoms with Gasteiger partial charge in [0.1, 0.15) is 5.01 Å². The standard InChI is InChI=1S/C23H22F3N5OS/c1-12(2)19-17-10-14(5-8-18(17)29-20(19)32)21-30-31-22(33-21)28-11-16(27)9-13-3-6-15(7-4-13)23(24,25)26/h3-8,10,16,29,32H,1,9,11,27H2,2H3,(H,28,31)/t16-/m0/s1. The van der Waals surface area contributed by atoms with Crippen molar-refractivity contribution < 1.29 is 18.3 Å². The van der Waals surface area contributed by atoms with Crippen LogP contribution in [0.4, 0.5) is 18.3 Å². The van der Waals surface area contributed by atoms with Crippen molar-refractivity contribution in [3.8, 4) is 16.5 Å². The first kappa shape index (κ1) is 22.8. The molecule has 0 saturated heterocycles. The largest absolute Gasteiger partial charge is 0.494 e. The summed E-state index contributed by atoms with van der Waals surface area (Å²) in [4.78, 5) is 2.94. The number of H-pyrrole nitrogens is 1. The summed E-state index contributed by atoms with van der Waals surface area (Å²) in [7, 11) is 0. The Balaban J connectivity index is 1.41. The van der Waals surface area contributed by atoms with Gasteiger partial charge in [0.25, 0.3) is 0 Å². The molecular weight excluding hydrogens is 451 g/mol. The minimum absolute atomic E-state index is 0.0799. The Morgan fingerprint density at radius 2 is 1.94 bits per heavy atom. The highest BCUT2D eigenvalue weighted by Crippen LogP contribution is 2.36. The fraction of sp³-hybridized carbons (Fsp3) is 0.217. The van der Waals surface area contributed by atoms with Crippen molar-refractivity contribution in [1.82, 2.24) is 15.2 Å². The van der Waals surface area contributed by atoms with Gasteiger partial charge in [0.15, 0.2) is 5.88 Å². The van der Waals surface area contributed by atoms with Gasteiger partial charge in [-0.1, -0.05) is 30.0 Å². The van der Waals surface area contributed by atoms with Crippen molar-refractivity contribution in [3.63, 3.8) is 0 Å². The lowest BCUT2D eigenvalue weighted by atomic mass is 10.0. The summed E-state index contributed by atoms with van der Waals surface area (Å²) < 4.78 is 38.1. The van der Waals surface area contributed by atoms with Gasteiger partial charge in [-0.3, -0.25) is 0 Å². The summed E-state index contributed by atoms with van der Waals surface area (Å²) in [6.45, 7) is 6.14. The normalized spacial score (nSPS) is 12.8. The zero-order valence-corrected chi connectivity index (χ0v) is 18.5. The van der Waals surface area contributed by atoms with Crippen LogP contribution in [-0.4, -0.2) is 32.9 Å². The van der Waals surface area contributed by atoms with Gasteiger partial charge < -0.3 is 21.1 Å². The van der Waals surface area contributed by atoms with Crippen LogP contribution in [0.2, 0.25) is 0 Å². The Hall–Kier alpha value is -3.37. The van der Waals surface area contributed by atoms with E-state index < -0.39 is 11.7 Å². The van der Waals surface area contributed by atoms with E-state index in [0.29, 0.717) is 28.7 Å². The third-order valence-corrected chi connectivity index (χ3v) is 6.10. The molecule has 6 nitrogen and oxygen atoms in total. The summed E-state index contributed by atoms with van der Waals surface area (Å²) in [5.74, 6) is 0.0799. The second-order valence-electron chi connectivity index (χ2n) is 7.84. The second kappa shape index (κ2) is 8.87. The monoisotopic (exact) mass is 473 g/mol. The molecule has 0 aliphatic carbocycles. The van der Waals surface area contributed by atoms with Crippen LogP contribution in [0.25, 0.3) is 27.0 Å². The molecule has 5 N–H and O–H groups in total. The van der Waals surface area contributed by atoms with Crippen LogP contribution in [0, 0.1) is 0 Å². The van der Waals surface area contributed by atoms with E-state index >= 15 is 0 Å². The molecule has 2 aromatic heterocycles. The number of nitrogens with one attached hydrogen (secondary N) is 2. The van der Waals surface area contributed by atoms with Gasteiger partial charge in [-0.15, -0.1) is 10.2 Å². The highest BCUT2D eigenvalue weighted by Gasteiger charge is 2.30. The molecule has 4 aromatic rings. The number of nitrogens with zero attached hydrogens (tertiary/aromatic N) is 2. The molecule has 0 spiro atoms. The van der Waals surface area contributed by atoms with Gasteiger partial charge in [0.2, 0.25) is 5.13 Å². The zero-order chi connectivity index (χ0) is 23.8. The van der Waals surface area contributed by atoms with Gasteiger partial charge in [-0.25, -0.2) is 0 Å². The van der Waals surface area contributed by atoms with E-state index in [-0.39, 0.29) is 11.9 Å². The lowest BCUT2D eigenvalue weighted by molar-refractivity contribution is -0.137. The summed E-state index contributed by atoms with van der Waals surface area (Å²) in [5, 5.41) is 23.8. The molecule has 0 aliphatic heterocycles. The number of hydrogen-bond donors (Lipinski definition) is 4. The van der Waals surface area contributed by atoms with Crippen molar-refractivity contribution in [2.75, 3.05) is 11.9 Å². The maximum Gasteiger partial charge on any atom is 0.416 e. The van der Waals surface area contributed by atoms with Crippen LogP contribution >= 0.6 is 11.3 Å². The van der Waals surface area contributed by atoms with Crippen LogP contribution in [0.15, 0.2) is 49.0 Å². The molecule has 0 bridgehead atoms. The van der Waals surface area contributed by atoms with Gasteiger partial charge in [-0.05, 0) is 54.8 Å². The fourth-order valence-electron chi connectivity index (χ4n) is 3.58. The van der Waals surface area contributed by atoms with E-state index in [4.69, 9.17) is 5.73 Å². The summed E-state index contributed by atoms with van der Waals surface area (Å²) in [6, 6.07) is 10.4. The predicted molar refractivity (Wildman–Crippen MR) is 125 cm³/mol. The SMILES string of the molecule is C=C(C)c1c(O)[nH]c2ccc(-c3nnc(NC[C@@H](N)Cc4ccc(C(F)(F)F)cc4)s3)cc12. The minimum atomic E-state index is -4.35. The molecule has 1 atom stereocenters. The van der Waals surface area contributed by atoms with Crippen molar-refractivity contribution in [1.29, 1.82) is 0 Å². The molecule has 2 heterocycles. The van der Waals surface area contributed by atoms with E-state index in [0.717, 1.165) is 39.7 Å². The number of halogens is 3. The lowest BCUT2D eigenvalue weighted by Crippen LogP contribution is -2.31. The second-order valence-corrected chi connectivity index (χ2v) is 8.82. The number of allylic oxidation sites excluding steroid dienone is 1. The molecule has 0 unspecified atom stereocenters. The summed E-state index contributed by atoms with van der Waals surface area (Å²) in [5.41, 5.74) is 9.26. The number of benzene rings is 2. The van der Waals surface area contributed by atoms with Gasteiger partial charge in [-0.2, -0.15) is 13.2 Å². The molecule has 33 heavy (non-hydrogen) atoms. The highest BCUT2D eigenvalue weighted by molar-refractivity contribution is 7.18. The molecule has 0 amide bonds. The molecule has 10 heteroatoms. The first-order valence-corrected chi connectivity index (χ1v) is 10.9. The number of fused-ring (bicyclic) bond motifs is 1. The number of alkyl halides is 3. The molecule has 0 fully saturated rings. The average molecular weight is 474 g/mol. The van der Waals surface area contributed by atoms with E-state index in [2.05, 4.69) is 27.1 Å². The Kier molecular flexibility index (Phi) is 6.13. The Morgan fingerprint density at radius 3 is 2.61 bits per heavy atom. The first-order chi connectivity index (χ1) is 15.6. The number of hydrogen-bond acceptors (Lipinski definition) is 6. The first-order valence-electron chi connectivity index (χ1n) is 10.1. The smallest absolute Gasteiger partial charge is 0.416 e. The fourth-order valence-corrected chi connectivity index (χ4v) is 4.32. The van der Waals surface area contributed by atoms with Crippen LogP contribution in [0.5, 0.6) is 5.88 Å². The molecule has 4 rings (SSSR count).